The predicted molar refractivity (Wildman–Crippen MR) is 80.8 cm³/mol. The molecule has 0 atom stereocenters. The highest BCUT2D eigenvalue weighted by Crippen LogP contribution is 2.25. The standard InChI is InChI=1S/C14H22N2O3S/c1-9(2)8-16(6-5-13(17)19-4)14(18)12-7-11(15)10(3)20-12/h7,9H,5-6,8,15H2,1-4H3. The van der Waals surface area contributed by atoms with Crippen molar-refractivity contribution in [2.24, 2.45) is 5.92 Å². The molecule has 1 amide bonds. The lowest BCUT2D eigenvalue weighted by molar-refractivity contribution is -0.140. The number of rotatable bonds is 6. The Hall–Kier alpha value is -1.56. The average Bonchev–Trinajstić information content (AvgIpc) is 2.73. The fourth-order valence-corrected chi connectivity index (χ4v) is 2.71. The monoisotopic (exact) mass is 298 g/mol. The molecule has 0 saturated carbocycles. The lowest BCUT2D eigenvalue weighted by Crippen LogP contribution is -2.35. The molecule has 0 fully saturated rings. The Morgan fingerprint density at radius 3 is 2.55 bits per heavy atom. The van der Waals surface area contributed by atoms with Crippen LogP contribution in [0.3, 0.4) is 0 Å². The zero-order valence-electron chi connectivity index (χ0n) is 12.4. The number of thiophene rings is 1. The van der Waals surface area contributed by atoms with Gasteiger partial charge < -0.3 is 15.4 Å². The number of methoxy groups -OCH3 is 1. The first-order chi connectivity index (χ1) is 9.35. The number of nitrogen functional groups attached to an aromatic ring is 1. The van der Waals surface area contributed by atoms with Crippen LogP contribution in [0, 0.1) is 12.8 Å². The second-order valence-electron chi connectivity index (χ2n) is 5.09. The van der Waals surface area contributed by atoms with Gasteiger partial charge in [-0.3, -0.25) is 9.59 Å². The number of hydrogen-bond acceptors (Lipinski definition) is 5. The van der Waals surface area contributed by atoms with Crippen LogP contribution in [0.25, 0.3) is 0 Å². The zero-order valence-corrected chi connectivity index (χ0v) is 13.3. The summed E-state index contributed by atoms with van der Waals surface area (Å²) < 4.78 is 4.62. The third kappa shape index (κ3) is 4.52. The molecule has 20 heavy (non-hydrogen) atoms. The lowest BCUT2D eigenvalue weighted by Gasteiger charge is -2.23. The van der Waals surface area contributed by atoms with Crippen LogP contribution in [0.4, 0.5) is 5.69 Å². The van der Waals surface area contributed by atoms with Crippen LogP contribution in [-0.4, -0.2) is 37.0 Å². The summed E-state index contributed by atoms with van der Waals surface area (Å²) in [6.07, 6.45) is 0.203. The molecule has 0 bridgehead atoms. The van der Waals surface area contributed by atoms with Crippen molar-refractivity contribution < 1.29 is 14.3 Å². The number of ether oxygens (including phenoxy) is 1. The van der Waals surface area contributed by atoms with E-state index in [0.717, 1.165) is 4.88 Å². The van der Waals surface area contributed by atoms with Gasteiger partial charge in [0.1, 0.15) is 0 Å². The molecule has 0 unspecified atom stereocenters. The molecule has 0 saturated heterocycles. The van der Waals surface area contributed by atoms with Gasteiger partial charge in [-0.15, -0.1) is 11.3 Å². The number of carbonyl (C=O) groups is 2. The number of anilines is 1. The van der Waals surface area contributed by atoms with Gasteiger partial charge in [0.15, 0.2) is 0 Å². The van der Waals surface area contributed by atoms with Crippen molar-refractivity contribution in [1.82, 2.24) is 4.90 Å². The van der Waals surface area contributed by atoms with E-state index in [-0.39, 0.29) is 18.3 Å². The van der Waals surface area contributed by atoms with Gasteiger partial charge in [0.2, 0.25) is 0 Å². The third-order valence-electron chi connectivity index (χ3n) is 2.85. The first-order valence-corrected chi connectivity index (χ1v) is 7.38. The van der Waals surface area contributed by atoms with Gasteiger partial charge in [-0.05, 0) is 18.9 Å². The summed E-state index contributed by atoms with van der Waals surface area (Å²) in [5.74, 6) is -0.0594. The summed E-state index contributed by atoms with van der Waals surface area (Å²) in [6.45, 7) is 6.92. The normalized spacial score (nSPS) is 10.7. The summed E-state index contributed by atoms with van der Waals surface area (Å²) in [5, 5.41) is 0. The minimum absolute atomic E-state index is 0.0765. The maximum atomic E-state index is 12.5. The highest BCUT2D eigenvalue weighted by molar-refractivity contribution is 7.14. The van der Waals surface area contributed by atoms with Crippen LogP contribution in [0.15, 0.2) is 6.07 Å². The molecule has 0 spiro atoms. The van der Waals surface area contributed by atoms with E-state index in [1.807, 2.05) is 20.8 Å². The first-order valence-electron chi connectivity index (χ1n) is 6.57. The molecule has 0 radical (unpaired) electrons. The van der Waals surface area contributed by atoms with Crippen LogP contribution in [0.1, 0.15) is 34.8 Å². The van der Waals surface area contributed by atoms with Crippen LogP contribution in [-0.2, 0) is 9.53 Å². The van der Waals surface area contributed by atoms with Gasteiger partial charge in [-0.2, -0.15) is 0 Å². The Morgan fingerprint density at radius 2 is 2.10 bits per heavy atom. The second-order valence-corrected chi connectivity index (χ2v) is 6.35. The fraction of sp³-hybridized carbons (Fsp3) is 0.571. The van der Waals surface area contributed by atoms with Crippen molar-refractivity contribution in [2.45, 2.75) is 27.2 Å². The lowest BCUT2D eigenvalue weighted by atomic mass is 10.2. The van der Waals surface area contributed by atoms with Crippen molar-refractivity contribution >= 4 is 28.9 Å². The molecule has 0 aromatic carbocycles. The molecule has 0 aliphatic heterocycles. The van der Waals surface area contributed by atoms with Gasteiger partial charge >= 0.3 is 5.97 Å². The molecule has 1 aromatic heterocycles. The largest absolute Gasteiger partial charge is 0.469 e. The van der Waals surface area contributed by atoms with E-state index < -0.39 is 0 Å². The molecule has 1 heterocycles. The quantitative estimate of drug-likeness (QED) is 0.818. The molecule has 2 N–H and O–H groups in total. The number of nitrogens with two attached hydrogens (primary N) is 1. The summed E-state index contributed by atoms with van der Waals surface area (Å²) in [5.41, 5.74) is 6.42. The van der Waals surface area contributed by atoms with Gasteiger partial charge in [-0.1, -0.05) is 13.8 Å². The summed E-state index contributed by atoms with van der Waals surface area (Å²) in [4.78, 5) is 27.0. The van der Waals surface area contributed by atoms with E-state index in [1.165, 1.54) is 18.4 Å². The predicted octanol–water partition coefficient (Wildman–Crippen LogP) is 2.30. The number of nitrogens with zero attached hydrogens (tertiary/aromatic N) is 1. The minimum atomic E-state index is -0.312. The third-order valence-corrected chi connectivity index (χ3v) is 3.91. The van der Waals surface area contributed by atoms with E-state index in [4.69, 9.17) is 5.73 Å². The van der Waals surface area contributed by atoms with Crippen LogP contribution >= 0.6 is 11.3 Å². The Balaban J connectivity index is 2.80. The number of carbonyl (C=O) groups excluding carboxylic acids is 2. The summed E-state index contributed by atoms with van der Waals surface area (Å²) in [7, 11) is 1.35. The molecule has 6 heteroatoms. The van der Waals surface area contributed by atoms with E-state index in [1.54, 1.807) is 11.0 Å². The van der Waals surface area contributed by atoms with E-state index in [2.05, 4.69) is 4.74 Å². The molecular formula is C14H22N2O3S. The Morgan fingerprint density at radius 1 is 1.45 bits per heavy atom. The number of amides is 1. The maximum absolute atomic E-state index is 12.5. The Labute approximate surface area is 123 Å². The Bertz CT molecular complexity index is 463. The highest BCUT2D eigenvalue weighted by atomic mass is 32.1. The van der Waals surface area contributed by atoms with E-state index in [9.17, 15) is 9.59 Å². The van der Waals surface area contributed by atoms with Gasteiger partial charge in [0.05, 0.1) is 18.4 Å². The van der Waals surface area contributed by atoms with Crippen LogP contribution in [0.5, 0.6) is 0 Å². The van der Waals surface area contributed by atoms with E-state index in [0.29, 0.717) is 29.6 Å². The molecule has 0 aliphatic carbocycles. The smallest absolute Gasteiger partial charge is 0.307 e. The molecule has 5 nitrogen and oxygen atoms in total. The molecule has 1 rings (SSSR count). The van der Waals surface area contributed by atoms with Gasteiger partial charge in [0.25, 0.3) is 5.91 Å². The Kier molecular flexibility index (Phi) is 6.01. The topological polar surface area (TPSA) is 72.6 Å². The number of esters is 1. The summed E-state index contributed by atoms with van der Waals surface area (Å²) >= 11 is 1.39. The fourth-order valence-electron chi connectivity index (χ4n) is 1.80. The van der Waals surface area contributed by atoms with Crippen LogP contribution < -0.4 is 5.73 Å². The van der Waals surface area contributed by atoms with Crippen molar-refractivity contribution in [3.8, 4) is 0 Å². The number of aryl methyl sites for hydroxylation is 1. The molecule has 112 valence electrons. The first kappa shape index (κ1) is 16.5. The second kappa shape index (κ2) is 7.28. The van der Waals surface area contributed by atoms with Crippen molar-refractivity contribution in [3.05, 3.63) is 15.8 Å². The van der Waals surface area contributed by atoms with Crippen LogP contribution in [0.2, 0.25) is 0 Å². The number of hydrogen-bond donors (Lipinski definition) is 1. The molecular weight excluding hydrogens is 276 g/mol. The van der Waals surface area contributed by atoms with Gasteiger partial charge in [0, 0.05) is 23.7 Å². The minimum Gasteiger partial charge on any atom is -0.469 e. The van der Waals surface area contributed by atoms with Gasteiger partial charge in [-0.25, -0.2) is 0 Å². The van der Waals surface area contributed by atoms with E-state index >= 15 is 0 Å². The van der Waals surface area contributed by atoms with Crippen molar-refractivity contribution in [1.29, 1.82) is 0 Å². The summed E-state index contributed by atoms with van der Waals surface area (Å²) in [6, 6.07) is 1.70. The molecule has 0 aliphatic rings. The zero-order chi connectivity index (χ0) is 15.3. The van der Waals surface area contributed by atoms with Crippen molar-refractivity contribution in [2.75, 3.05) is 25.9 Å². The highest BCUT2D eigenvalue weighted by Gasteiger charge is 2.20. The maximum Gasteiger partial charge on any atom is 0.307 e. The molecule has 1 aromatic rings. The average molecular weight is 298 g/mol. The van der Waals surface area contributed by atoms with Crippen molar-refractivity contribution in [3.63, 3.8) is 0 Å². The SMILES string of the molecule is COC(=O)CCN(CC(C)C)C(=O)c1cc(N)c(C)s1.